The van der Waals surface area contributed by atoms with Gasteiger partial charge in [-0.1, -0.05) is 0 Å². The molecule has 0 spiro atoms. The zero-order valence-electron chi connectivity index (χ0n) is 14.2. The maximum Gasteiger partial charge on any atom is 0.339 e. The Kier molecular flexibility index (Phi) is 4.06. The van der Waals surface area contributed by atoms with Crippen molar-refractivity contribution in [2.75, 3.05) is 33.2 Å². The first-order valence-electron chi connectivity index (χ1n) is 8.84. The maximum atomic E-state index is 12.4. The monoisotopic (exact) mass is 328 g/mol. The molecule has 1 N–H and O–H groups in total. The van der Waals surface area contributed by atoms with Gasteiger partial charge in [-0.05, 0) is 50.4 Å². The average Bonchev–Trinajstić information content (AvgIpc) is 2.60. The summed E-state index contributed by atoms with van der Waals surface area (Å²) in [4.78, 5) is 17.0. The quantitative estimate of drug-likeness (QED) is 0.856. The second kappa shape index (κ2) is 6.22. The molecule has 0 amide bonds. The number of fused-ring (bicyclic) bond motifs is 3. The van der Waals surface area contributed by atoms with Crippen molar-refractivity contribution in [3.05, 3.63) is 39.2 Å². The molecule has 5 heteroatoms. The van der Waals surface area contributed by atoms with Gasteiger partial charge in [0.15, 0.2) is 0 Å². The van der Waals surface area contributed by atoms with Crippen molar-refractivity contribution in [3.63, 3.8) is 0 Å². The van der Waals surface area contributed by atoms with Gasteiger partial charge >= 0.3 is 5.63 Å². The van der Waals surface area contributed by atoms with E-state index in [1.165, 1.54) is 0 Å². The third-order valence-electron chi connectivity index (χ3n) is 5.45. The first-order valence-corrected chi connectivity index (χ1v) is 8.84. The Bertz CT molecular complexity index is 819. The van der Waals surface area contributed by atoms with E-state index in [4.69, 9.17) is 4.42 Å². The number of nitrogens with zero attached hydrogens (tertiary/aromatic N) is 2. The average molecular weight is 328 g/mol. The number of aryl methyl sites for hydroxylation is 1. The normalized spacial score (nSPS) is 19.5. The maximum absolute atomic E-state index is 12.4. The van der Waals surface area contributed by atoms with Crippen molar-refractivity contribution in [1.82, 2.24) is 9.80 Å². The Balaban J connectivity index is 1.78. The predicted octanol–water partition coefficient (Wildman–Crippen LogP) is 2.12. The summed E-state index contributed by atoms with van der Waals surface area (Å²) in [6, 6.07) is 3.66. The fourth-order valence-corrected chi connectivity index (χ4v) is 3.94. The molecule has 1 aromatic carbocycles. The highest BCUT2D eigenvalue weighted by molar-refractivity contribution is 5.86. The number of piperazine rings is 1. The van der Waals surface area contributed by atoms with Crippen molar-refractivity contribution in [2.24, 2.45) is 0 Å². The topological polar surface area (TPSA) is 56.9 Å². The van der Waals surface area contributed by atoms with Crippen LogP contribution in [0.5, 0.6) is 5.75 Å². The third kappa shape index (κ3) is 2.72. The van der Waals surface area contributed by atoms with E-state index in [2.05, 4.69) is 16.8 Å². The van der Waals surface area contributed by atoms with Crippen molar-refractivity contribution in [1.29, 1.82) is 0 Å². The molecule has 24 heavy (non-hydrogen) atoms. The smallest absolute Gasteiger partial charge is 0.339 e. The Labute approximate surface area is 141 Å². The van der Waals surface area contributed by atoms with Gasteiger partial charge in [0.25, 0.3) is 0 Å². The fraction of sp³-hybridized carbons (Fsp3) is 0.526. The lowest BCUT2D eigenvalue weighted by Crippen LogP contribution is -2.43. The molecular formula is C19H24N2O3. The molecule has 2 aliphatic rings. The Hall–Kier alpha value is -1.85. The molecule has 1 aromatic heterocycles. The van der Waals surface area contributed by atoms with Crippen LogP contribution in [0.1, 0.15) is 29.5 Å². The number of phenols is 1. The van der Waals surface area contributed by atoms with Gasteiger partial charge in [-0.25, -0.2) is 4.79 Å². The van der Waals surface area contributed by atoms with E-state index >= 15 is 0 Å². The van der Waals surface area contributed by atoms with Crippen LogP contribution in [0, 0.1) is 0 Å². The van der Waals surface area contributed by atoms with Crippen molar-refractivity contribution in [2.45, 2.75) is 32.2 Å². The van der Waals surface area contributed by atoms with Gasteiger partial charge in [0.05, 0.1) is 5.56 Å². The lowest BCUT2D eigenvalue weighted by atomic mass is 9.90. The second-order valence-corrected chi connectivity index (χ2v) is 7.07. The van der Waals surface area contributed by atoms with E-state index in [-0.39, 0.29) is 11.4 Å². The van der Waals surface area contributed by atoms with Crippen LogP contribution in [-0.4, -0.2) is 48.1 Å². The minimum Gasteiger partial charge on any atom is -0.507 e. The summed E-state index contributed by atoms with van der Waals surface area (Å²) in [6.07, 6.45) is 3.90. The highest BCUT2D eigenvalue weighted by atomic mass is 16.4. The first-order chi connectivity index (χ1) is 11.6. The van der Waals surface area contributed by atoms with Gasteiger partial charge in [0, 0.05) is 43.7 Å². The first kappa shape index (κ1) is 15.7. The minimum absolute atomic E-state index is 0.220. The molecule has 1 saturated heterocycles. The number of hydrogen-bond donors (Lipinski definition) is 1. The Morgan fingerprint density at radius 2 is 1.79 bits per heavy atom. The zero-order valence-corrected chi connectivity index (χ0v) is 14.2. The Morgan fingerprint density at radius 1 is 1.08 bits per heavy atom. The minimum atomic E-state index is -0.220. The van der Waals surface area contributed by atoms with Crippen molar-refractivity contribution < 1.29 is 9.52 Å². The van der Waals surface area contributed by atoms with E-state index in [1.807, 2.05) is 6.07 Å². The largest absolute Gasteiger partial charge is 0.507 e. The van der Waals surface area contributed by atoms with Crippen LogP contribution >= 0.6 is 0 Å². The van der Waals surface area contributed by atoms with Crippen LogP contribution in [0.3, 0.4) is 0 Å². The Morgan fingerprint density at radius 3 is 2.54 bits per heavy atom. The lowest BCUT2D eigenvalue weighted by molar-refractivity contribution is 0.147. The summed E-state index contributed by atoms with van der Waals surface area (Å²) in [5.74, 6) is 0.223. The molecule has 5 nitrogen and oxygen atoms in total. The van der Waals surface area contributed by atoms with Gasteiger partial charge in [0.2, 0.25) is 0 Å². The van der Waals surface area contributed by atoms with Gasteiger partial charge in [0.1, 0.15) is 11.3 Å². The van der Waals surface area contributed by atoms with E-state index in [0.717, 1.165) is 73.9 Å². The van der Waals surface area contributed by atoms with Crippen molar-refractivity contribution in [3.8, 4) is 5.75 Å². The summed E-state index contributed by atoms with van der Waals surface area (Å²) in [6.45, 7) is 4.58. The number of aromatic hydroxyl groups is 1. The number of likely N-dealkylation sites (N-methyl/N-ethyl adjacent to an activating group) is 1. The molecule has 0 atom stereocenters. The van der Waals surface area contributed by atoms with E-state index in [1.54, 1.807) is 6.07 Å². The molecule has 1 aliphatic heterocycles. The van der Waals surface area contributed by atoms with Crippen LogP contribution in [-0.2, 0) is 19.4 Å². The second-order valence-electron chi connectivity index (χ2n) is 7.07. The van der Waals surface area contributed by atoms with E-state index in [9.17, 15) is 9.90 Å². The SMILES string of the molecule is CN1CCN(Cc2c(O)ccc3c4c(c(=O)oc23)CCCC4)CC1. The molecule has 128 valence electrons. The standard InChI is InChI=1S/C19H24N2O3/c1-20-8-10-21(11-9-20)12-16-17(22)7-6-14-13-4-2-3-5-15(13)19(23)24-18(14)16/h6-7,22H,2-5,8-12H2,1H3. The molecule has 4 rings (SSSR count). The van der Waals surface area contributed by atoms with Crippen LogP contribution in [0.2, 0.25) is 0 Å². The van der Waals surface area contributed by atoms with Crippen LogP contribution in [0.15, 0.2) is 21.3 Å². The van der Waals surface area contributed by atoms with Gasteiger partial charge in [-0.2, -0.15) is 0 Å². The summed E-state index contributed by atoms with van der Waals surface area (Å²) >= 11 is 0. The molecular weight excluding hydrogens is 304 g/mol. The molecule has 0 saturated carbocycles. The summed E-state index contributed by atoms with van der Waals surface area (Å²) < 4.78 is 5.68. The number of benzene rings is 1. The van der Waals surface area contributed by atoms with Crippen LogP contribution in [0.4, 0.5) is 0 Å². The third-order valence-corrected chi connectivity index (χ3v) is 5.45. The summed E-state index contributed by atoms with van der Waals surface area (Å²) in [5.41, 5.74) is 3.08. The predicted molar refractivity (Wildman–Crippen MR) is 93.6 cm³/mol. The van der Waals surface area contributed by atoms with Gasteiger partial charge in [-0.3, -0.25) is 4.90 Å². The van der Waals surface area contributed by atoms with Gasteiger partial charge in [-0.15, -0.1) is 0 Å². The fourth-order valence-electron chi connectivity index (χ4n) is 3.94. The van der Waals surface area contributed by atoms with E-state index < -0.39 is 0 Å². The molecule has 0 unspecified atom stereocenters. The molecule has 0 bridgehead atoms. The summed E-state index contributed by atoms with van der Waals surface area (Å²) in [7, 11) is 2.12. The lowest BCUT2D eigenvalue weighted by Gasteiger charge is -2.32. The molecule has 0 radical (unpaired) electrons. The highest BCUT2D eigenvalue weighted by Gasteiger charge is 2.23. The van der Waals surface area contributed by atoms with Crippen LogP contribution < -0.4 is 5.63 Å². The number of rotatable bonds is 2. The van der Waals surface area contributed by atoms with E-state index in [0.29, 0.717) is 12.1 Å². The molecule has 1 fully saturated rings. The van der Waals surface area contributed by atoms with Crippen LogP contribution in [0.25, 0.3) is 11.0 Å². The molecule has 2 aromatic rings. The number of hydrogen-bond acceptors (Lipinski definition) is 5. The summed E-state index contributed by atoms with van der Waals surface area (Å²) in [5, 5.41) is 11.4. The highest BCUT2D eigenvalue weighted by Crippen LogP contribution is 2.33. The molecule has 2 heterocycles. The van der Waals surface area contributed by atoms with Crippen molar-refractivity contribution >= 4 is 11.0 Å². The molecule has 1 aliphatic carbocycles. The zero-order chi connectivity index (χ0) is 16.7. The number of phenolic OH excluding ortho intramolecular Hbond substituents is 1. The van der Waals surface area contributed by atoms with Gasteiger partial charge < -0.3 is 14.4 Å².